The first kappa shape index (κ1) is 22.4. The summed E-state index contributed by atoms with van der Waals surface area (Å²) in [6, 6.07) is 8.82. The molecule has 2 aliphatic rings. The number of nitrogens with zero attached hydrogens (tertiary/aromatic N) is 5. The Morgan fingerprint density at radius 1 is 0.970 bits per heavy atom. The Bertz CT molecular complexity index is 1070. The Balaban J connectivity index is 1.63. The third kappa shape index (κ3) is 4.72. The van der Waals surface area contributed by atoms with Gasteiger partial charge in [0.25, 0.3) is 11.8 Å². The summed E-state index contributed by atoms with van der Waals surface area (Å²) in [5.41, 5.74) is 2.17. The van der Waals surface area contributed by atoms with E-state index in [1.54, 1.807) is 42.7 Å². The third-order valence-electron chi connectivity index (χ3n) is 5.62. The monoisotopic (exact) mass is 448 g/mol. The molecule has 1 aromatic heterocycles. The van der Waals surface area contributed by atoms with Gasteiger partial charge in [0.05, 0.1) is 5.57 Å². The second-order valence-corrected chi connectivity index (χ2v) is 8.62. The summed E-state index contributed by atoms with van der Waals surface area (Å²) >= 11 is 0. The molecule has 0 saturated carbocycles. The molecular formula is C24H28N6O3. The number of nitrogens with one attached hydrogen (secondary N) is 1. The molecule has 33 heavy (non-hydrogen) atoms. The number of anilines is 2. The third-order valence-corrected chi connectivity index (χ3v) is 5.62. The minimum absolute atomic E-state index is 0.160. The molecule has 172 valence electrons. The first-order valence-corrected chi connectivity index (χ1v) is 11.1. The van der Waals surface area contributed by atoms with Crippen molar-refractivity contribution in [2.75, 3.05) is 42.9 Å². The molecule has 0 spiro atoms. The van der Waals surface area contributed by atoms with Crippen LogP contribution in [0.5, 0.6) is 0 Å². The summed E-state index contributed by atoms with van der Waals surface area (Å²) in [5.74, 6) is 0.130. The average Bonchev–Trinajstić information content (AvgIpc) is 3.04. The molecule has 3 amide bonds. The smallest absolute Gasteiger partial charge is 0.277 e. The maximum Gasteiger partial charge on any atom is 0.277 e. The molecule has 1 N–H and O–H groups in total. The molecular weight excluding hydrogens is 420 g/mol. The molecule has 1 aromatic carbocycles. The molecule has 1 saturated heterocycles. The highest BCUT2D eigenvalue weighted by atomic mass is 16.2. The van der Waals surface area contributed by atoms with Crippen LogP contribution >= 0.6 is 0 Å². The predicted octanol–water partition coefficient (Wildman–Crippen LogP) is 1.99. The van der Waals surface area contributed by atoms with E-state index in [-0.39, 0.29) is 23.6 Å². The Hall–Kier alpha value is -3.75. The van der Waals surface area contributed by atoms with Crippen LogP contribution < -0.4 is 10.2 Å². The highest BCUT2D eigenvalue weighted by Crippen LogP contribution is 2.33. The predicted molar refractivity (Wildman–Crippen MR) is 125 cm³/mol. The zero-order chi connectivity index (χ0) is 23.5. The van der Waals surface area contributed by atoms with Gasteiger partial charge >= 0.3 is 0 Å². The topological polar surface area (TPSA) is 98.7 Å². The molecule has 1 fully saturated rings. The van der Waals surface area contributed by atoms with E-state index in [1.807, 2.05) is 18.7 Å². The van der Waals surface area contributed by atoms with Crippen LogP contribution in [0.2, 0.25) is 0 Å². The lowest BCUT2D eigenvalue weighted by Crippen LogP contribution is -2.48. The fraction of sp³-hybridized carbons (Fsp3) is 0.375. The fourth-order valence-corrected chi connectivity index (χ4v) is 4.16. The Kier molecular flexibility index (Phi) is 6.39. The van der Waals surface area contributed by atoms with Crippen molar-refractivity contribution in [3.05, 3.63) is 54.0 Å². The van der Waals surface area contributed by atoms with Gasteiger partial charge in [0.15, 0.2) is 0 Å². The van der Waals surface area contributed by atoms with E-state index in [9.17, 15) is 14.4 Å². The van der Waals surface area contributed by atoms with Crippen LogP contribution in [0.3, 0.4) is 0 Å². The number of piperazine rings is 1. The standard InChI is InChI=1S/C24H28N6O3/c1-16(2)15-30-22(32)20(18-5-7-19(8-6-18)27-17(3)31)21(23(30)33)28-11-13-29(14-12-28)24-25-9-4-10-26-24/h4-10,16H,11-15H2,1-3H3,(H,27,31). The van der Waals surface area contributed by atoms with Crippen molar-refractivity contribution >= 4 is 34.9 Å². The number of amides is 3. The van der Waals surface area contributed by atoms with Gasteiger partial charge in [0.1, 0.15) is 5.70 Å². The maximum atomic E-state index is 13.4. The van der Waals surface area contributed by atoms with Crippen molar-refractivity contribution in [3.63, 3.8) is 0 Å². The number of rotatable bonds is 6. The fourth-order valence-electron chi connectivity index (χ4n) is 4.16. The van der Waals surface area contributed by atoms with Crippen molar-refractivity contribution < 1.29 is 14.4 Å². The summed E-state index contributed by atoms with van der Waals surface area (Å²) in [6.45, 7) is 8.23. The van der Waals surface area contributed by atoms with Gasteiger partial charge in [-0.3, -0.25) is 19.3 Å². The summed E-state index contributed by atoms with van der Waals surface area (Å²) in [4.78, 5) is 52.2. The summed E-state index contributed by atoms with van der Waals surface area (Å²) in [7, 11) is 0. The molecule has 9 nitrogen and oxygen atoms in total. The zero-order valence-electron chi connectivity index (χ0n) is 19.1. The van der Waals surface area contributed by atoms with Gasteiger partial charge < -0.3 is 15.1 Å². The largest absolute Gasteiger partial charge is 0.363 e. The van der Waals surface area contributed by atoms with Crippen LogP contribution in [0.25, 0.3) is 5.57 Å². The summed E-state index contributed by atoms with van der Waals surface area (Å²) < 4.78 is 0. The van der Waals surface area contributed by atoms with Crippen LogP contribution in [-0.4, -0.2) is 70.2 Å². The highest BCUT2D eigenvalue weighted by molar-refractivity contribution is 6.35. The van der Waals surface area contributed by atoms with Crippen LogP contribution in [0.1, 0.15) is 26.3 Å². The molecule has 0 radical (unpaired) electrons. The van der Waals surface area contributed by atoms with E-state index in [2.05, 4.69) is 20.2 Å². The zero-order valence-corrected chi connectivity index (χ0v) is 19.1. The number of aromatic nitrogens is 2. The van der Waals surface area contributed by atoms with Gasteiger partial charge in [0, 0.05) is 57.7 Å². The van der Waals surface area contributed by atoms with Gasteiger partial charge in [-0.05, 0) is 29.7 Å². The van der Waals surface area contributed by atoms with Crippen molar-refractivity contribution in [3.8, 4) is 0 Å². The Morgan fingerprint density at radius 3 is 2.15 bits per heavy atom. The lowest BCUT2D eigenvalue weighted by Gasteiger charge is -2.36. The van der Waals surface area contributed by atoms with Gasteiger partial charge in [-0.2, -0.15) is 0 Å². The van der Waals surface area contributed by atoms with Gasteiger partial charge in [-0.25, -0.2) is 9.97 Å². The minimum Gasteiger partial charge on any atom is -0.363 e. The van der Waals surface area contributed by atoms with E-state index in [1.165, 1.54) is 11.8 Å². The van der Waals surface area contributed by atoms with E-state index >= 15 is 0 Å². The number of imide groups is 1. The van der Waals surface area contributed by atoms with Crippen molar-refractivity contribution in [2.24, 2.45) is 5.92 Å². The summed E-state index contributed by atoms with van der Waals surface area (Å²) in [6.07, 6.45) is 3.42. The van der Waals surface area contributed by atoms with Gasteiger partial charge in [-0.1, -0.05) is 26.0 Å². The normalized spacial score (nSPS) is 16.8. The average molecular weight is 449 g/mol. The van der Waals surface area contributed by atoms with E-state index in [0.29, 0.717) is 61.2 Å². The molecule has 3 heterocycles. The molecule has 0 unspecified atom stereocenters. The molecule has 0 aliphatic carbocycles. The quantitative estimate of drug-likeness (QED) is 0.675. The second kappa shape index (κ2) is 9.40. The number of hydrogen-bond donors (Lipinski definition) is 1. The van der Waals surface area contributed by atoms with E-state index in [4.69, 9.17) is 0 Å². The molecule has 0 bridgehead atoms. The SMILES string of the molecule is CC(=O)Nc1ccc(C2=C(N3CCN(c4ncccn4)CC3)C(=O)N(CC(C)C)C2=O)cc1. The maximum absolute atomic E-state index is 13.4. The van der Waals surface area contributed by atoms with Crippen LogP contribution in [0, 0.1) is 5.92 Å². The molecule has 0 atom stereocenters. The van der Waals surface area contributed by atoms with Gasteiger partial charge in [0.2, 0.25) is 11.9 Å². The Morgan fingerprint density at radius 2 is 1.58 bits per heavy atom. The van der Waals surface area contributed by atoms with Crippen LogP contribution in [0.4, 0.5) is 11.6 Å². The number of carbonyl (C=O) groups excluding carboxylic acids is 3. The van der Waals surface area contributed by atoms with Crippen molar-refractivity contribution in [1.82, 2.24) is 19.8 Å². The van der Waals surface area contributed by atoms with Gasteiger partial charge in [-0.15, -0.1) is 0 Å². The molecule has 2 aliphatic heterocycles. The molecule has 9 heteroatoms. The summed E-state index contributed by atoms with van der Waals surface area (Å²) in [5, 5.41) is 2.73. The minimum atomic E-state index is -0.273. The van der Waals surface area contributed by atoms with E-state index in [0.717, 1.165) is 0 Å². The van der Waals surface area contributed by atoms with Crippen molar-refractivity contribution in [2.45, 2.75) is 20.8 Å². The van der Waals surface area contributed by atoms with Crippen LogP contribution in [0.15, 0.2) is 48.4 Å². The van der Waals surface area contributed by atoms with Crippen LogP contribution in [-0.2, 0) is 14.4 Å². The number of hydrogen-bond acceptors (Lipinski definition) is 7. The molecule has 2 aromatic rings. The Labute approximate surface area is 193 Å². The number of benzene rings is 1. The first-order chi connectivity index (χ1) is 15.8. The lowest BCUT2D eigenvalue weighted by molar-refractivity contribution is -0.138. The first-order valence-electron chi connectivity index (χ1n) is 11.1. The second-order valence-electron chi connectivity index (χ2n) is 8.62. The lowest BCUT2D eigenvalue weighted by atomic mass is 10.0. The number of carbonyl (C=O) groups is 3. The van der Waals surface area contributed by atoms with Crippen molar-refractivity contribution in [1.29, 1.82) is 0 Å². The van der Waals surface area contributed by atoms with E-state index < -0.39 is 0 Å². The highest BCUT2D eigenvalue weighted by Gasteiger charge is 2.42. The molecule has 4 rings (SSSR count).